The van der Waals surface area contributed by atoms with Gasteiger partial charge in [-0.3, -0.25) is 9.36 Å². The van der Waals surface area contributed by atoms with E-state index >= 15 is 0 Å². The van der Waals surface area contributed by atoms with Gasteiger partial charge >= 0.3 is 0 Å². The van der Waals surface area contributed by atoms with Gasteiger partial charge in [0, 0.05) is 6.42 Å². The maximum atomic E-state index is 13.0. The third-order valence-electron chi connectivity index (χ3n) is 13.8. The molecule has 8 nitrogen and oxygen atoms in total. The summed E-state index contributed by atoms with van der Waals surface area (Å²) in [7, 11) is 1.32. The molecule has 9 heteroatoms. The first kappa shape index (κ1) is 66.2. The Morgan fingerprint density at radius 3 is 1.16 bits per heavy atom. The van der Waals surface area contributed by atoms with Crippen molar-refractivity contribution in [2.45, 2.75) is 315 Å². The van der Waals surface area contributed by atoms with Crippen LogP contribution in [0.15, 0.2) is 12.2 Å². The first-order valence-electron chi connectivity index (χ1n) is 29.5. The summed E-state index contributed by atoms with van der Waals surface area (Å²) in [4.78, 5) is 25.5. The second-order valence-corrected chi connectivity index (χ2v) is 23.1. The molecule has 0 aromatic carbocycles. The lowest BCUT2D eigenvalue weighted by Crippen LogP contribution is -2.46. The highest BCUT2D eigenvalue weighted by atomic mass is 31.2. The standard InChI is InChI=1S/C58H117N2O6P/c1-6-8-10-12-14-16-18-20-22-24-25-26-27-28-29-30-31-32-33-34-36-38-40-42-44-46-48-50-52-58(62)59-56(55-66-67(63,64)65-54-53-60(3,4)5)57(61)51-49-47-45-43-41-39-37-35-23-21-19-17-15-13-11-9-7-2/h28-29,56-57,61H,6-27,30-55H2,1-5H3,(H-,59,62,63,64)/b29-28-. The summed E-state index contributed by atoms with van der Waals surface area (Å²) in [5.41, 5.74) is 0. The highest BCUT2D eigenvalue weighted by Gasteiger charge is 2.24. The van der Waals surface area contributed by atoms with Crippen LogP contribution in [-0.4, -0.2) is 68.5 Å². The molecule has 0 aromatic heterocycles. The van der Waals surface area contributed by atoms with Crippen molar-refractivity contribution in [1.82, 2.24) is 5.32 Å². The van der Waals surface area contributed by atoms with Crippen molar-refractivity contribution in [3.05, 3.63) is 12.2 Å². The van der Waals surface area contributed by atoms with Crippen LogP contribution < -0.4 is 10.2 Å². The smallest absolute Gasteiger partial charge is 0.268 e. The highest BCUT2D eigenvalue weighted by molar-refractivity contribution is 7.45. The third-order valence-corrected chi connectivity index (χ3v) is 14.7. The zero-order valence-electron chi connectivity index (χ0n) is 45.6. The lowest BCUT2D eigenvalue weighted by Gasteiger charge is -2.30. The van der Waals surface area contributed by atoms with Gasteiger partial charge in [-0.2, -0.15) is 0 Å². The molecule has 0 radical (unpaired) electrons. The van der Waals surface area contributed by atoms with Gasteiger partial charge in [0.1, 0.15) is 13.2 Å². The molecular weight excluding hydrogens is 852 g/mol. The molecule has 0 fully saturated rings. The molecule has 3 atom stereocenters. The van der Waals surface area contributed by atoms with Crippen molar-refractivity contribution in [2.24, 2.45) is 0 Å². The second-order valence-electron chi connectivity index (χ2n) is 21.7. The van der Waals surface area contributed by atoms with Crippen molar-refractivity contribution < 1.29 is 32.9 Å². The molecule has 0 heterocycles. The molecule has 0 rings (SSSR count). The molecule has 2 N–H and O–H groups in total. The van der Waals surface area contributed by atoms with Crippen molar-refractivity contribution in [3.63, 3.8) is 0 Å². The number of aliphatic hydroxyl groups excluding tert-OH is 1. The van der Waals surface area contributed by atoms with Gasteiger partial charge in [-0.1, -0.05) is 270 Å². The summed E-state index contributed by atoms with van der Waals surface area (Å²) in [6.07, 6.45) is 61.0. The van der Waals surface area contributed by atoms with E-state index in [4.69, 9.17) is 9.05 Å². The zero-order chi connectivity index (χ0) is 49.2. The monoisotopic (exact) mass is 969 g/mol. The minimum atomic E-state index is -4.57. The van der Waals surface area contributed by atoms with Gasteiger partial charge in [0.25, 0.3) is 7.82 Å². The van der Waals surface area contributed by atoms with Crippen LogP contribution in [-0.2, 0) is 18.4 Å². The second kappa shape index (κ2) is 50.2. The van der Waals surface area contributed by atoms with Crippen LogP contribution in [0.25, 0.3) is 0 Å². The molecule has 0 bridgehead atoms. The molecule has 0 aliphatic heterocycles. The number of carbonyl (C=O) groups excluding carboxylic acids is 1. The summed E-state index contributed by atoms with van der Waals surface area (Å²) >= 11 is 0. The molecule has 0 spiro atoms. The minimum Gasteiger partial charge on any atom is -0.756 e. The molecule has 0 aliphatic carbocycles. The highest BCUT2D eigenvalue weighted by Crippen LogP contribution is 2.38. The molecule has 0 aromatic rings. The number of aliphatic hydroxyl groups is 1. The Morgan fingerprint density at radius 1 is 0.507 bits per heavy atom. The molecule has 1 amide bonds. The number of hydrogen-bond acceptors (Lipinski definition) is 6. The van der Waals surface area contributed by atoms with Crippen LogP contribution in [0.2, 0.25) is 0 Å². The number of carbonyl (C=O) groups is 1. The fourth-order valence-electron chi connectivity index (χ4n) is 9.10. The Kier molecular flexibility index (Phi) is 49.6. The summed E-state index contributed by atoms with van der Waals surface area (Å²) in [6, 6.07) is -0.798. The Balaban J connectivity index is 4.08. The molecule has 0 saturated heterocycles. The van der Waals surface area contributed by atoms with E-state index in [0.29, 0.717) is 23.9 Å². The number of nitrogens with zero attached hydrogens (tertiary/aromatic N) is 1. The Morgan fingerprint density at radius 2 is 0.821 bits per heavy atom. The van der Waals surface area contributed by atoms with Gasteiger partial charge in [-0.05, 0) is 38.5 Å². The van der Waals surface area contributed by atoms with Crippen LogP contribution in [0.4, 0.5) is 0 Å². The quantitative estimate of drug-likeness (QED) is 0.0272. The van der Waals surface area contributed by atoms with E-state index in [1.807, 2.05) is 21.1 Å². The summed E-state index contributed by atoms with van der Waals surface area (Å²) in [5, 5.41) is 14.0. The minimum absolute atomic E-state index is 0.0148. The van der Waals surface area contributed by atoms with E-state index in [1.54, 1.807) is 0 Å². The van der Waals surface area contributed by atoms with Crippen molar-refractivity contribution in [1.29, 1.82) is 0 Å². The number of unbranched alkanes of at least 4 members (excludes halogenated alkanes) is 40. The molecule has 0 aliphatic rings. The Hall–Kier alpha value is -0.760. The van der Waals surface area contributed by atoms with Gasteiger partial charge in [0.2, 0.25) is 5.91 Å². The van der Waals surface area contributed by atoms with E-state index < -0.39 is 20.0 Å². The first-order valence-corrected chi connectivity index (χ1v) is 31.0. The molecule has 3 unspecified atom stereocenters. The van der Waals surface area contributed by atoms with Crippen molar-refractivity contribution >= 4 is 13.7 Å². The van der Waals surface area contributed by atoms with Crippen molar-refractivity contribution in [3.8, 4) is 0 Å². The summed E-state index contributed by atoms with van der Waals surface area (Å²) in [5.74, 6) is -0.160. The summed E-state index contributed by atoms with van der Waals surface area (Å²) < 4.78 is 23.4. The van der Waals surface area contributed by atoms with Crippen LogP contribution in [0, 0.1) is 0 Å². The predicted molar refractivity (Wildman–Crippen MR) is 289 cm³/mol. The lowest BCUT2D eigenvalue weighted by atomic mass is 10.0. The first-order chi connectivity index (χ1) is 32.5. The molecule has 67 heavy (non-hydrogen) atoms. The summed E-state index contributed by atoms with van der Waals surface area (Å²) in [6.45, 7) is 4.77. The van der Waals surface area contributed by atoms with Gasteiger partial charge in [0.15, 0.2) is 0 Å². The lowest BCUT2D eigenvalue weighted by molar-refractivity contribution is -0.870. The Labute approximate surface area is 418 Å². The van der Waals surface area contributed by atoms with Gasteiger partial charge in [0.05, 0.1) is 39.9 Å². The van der Waals surface area contributed by atoms with Crippen LogP contribution in [0.1, 0.15) is 303 Å². The SMILES string of the molecule is CCCCCCCCCCCCCC/C=C\CCCCCCCCCCCCCCC(=O)NC(COP(=O)([O-])OCC[N+](C)(C)C)C(O)CCCCCCCCCCCCCCCCCCC. The predicted octanol–water partition coefficient (Wildman–Crippen LogP) is 17.2. The number of allylic oxidation sites excluding steroid dienone is 2. The molecule has 400 valence electrons. The van der Waals surface area contributed by atoms with E-state index in [1.165, 1.54) is 238 Å². The zero-order valence-corrected chi connectivity index (χ0v) is 46.5. The maximum Gasteiger partial charge on any atom is 0.268 e. The van der Waals surface area contributed by atoms with E-state index in [9.17, 15) is 19.4 Å². The van der Waals surface area contributed by atoms with Gasteiger partial charge in [-0.25, -0.2) is 0 Å². The van der Waals surface area contributed by atoms with Gasteiger partial charge in [-0.15, -0.1) is 0 Å². The number of hydrogen-bond donors (Lipinski definition) is 2. The van der Waals surface area contributed by atoms with Crippen molar-refractivity contribution in [2.75, 3.05) is 40.9 Å². The topological polar surface area (TPSA) is 108 Å². The normalized spacial score (nSPS) is 14.0. The number of amides is 1. The number of quaternary nitrogens is 1. The molecule has 0 saturated carbocycles. The molecular formula is C58H117N2O6P. The van der Waals surface area contributed by atoms with Crippen LogP contribution in [0.3, 0.4) is 0 Å². The van der Waals surface area contributed by atoms with E-state index in [0.717, 1.165) is 38.5 Å². The number of phosphoric acid groups is 1. The van der Waals surface area contributed by atoms with E-state index in [-0.39, 0.29) is 19.1 Å². The van der Waals surface area contributed by atoms with Crippen LogP contribution >= 0.6 is 7.82 Å². The van der Waals surface area contributed by atoms with E-state index in [2.05, 4.69) is 31.3 Å². The number of nitrogens with one attached hydrogen (secondary N) is 1. The maximum absolute atomic E-state index is 13.0. The Bertz CT molecular complexity index is 1100. The fraction of sp³-hybridized carbons (Fsp3) is 0.948. The third kappa shape index (κ3) is 52.9. The van der Waals surface area contributed by atoms with Gasteiger partial charge < -0.3 is 28.8 Å². The number of phosphoric ester groups is 1. The average Bonchev–Trinajstić information content (AvgIpc) is 3.29. The van der Waals surface area contributed by atoms with Crippen LogP contribution in [0.5, 0.6) is 0 Å². The largest absolute Gasteiger partial charge is 0.756 e. The number of rotatable bonds is 55. The fourth-order valence-corrected chi connectivity index (χ4v) is 9.82. The average molecular weight is 970 g/mol. The number of likely N-dealkylation sites (N-methyl/N-ethyl adjacent to an activating group) is 1.